The van der Waals surface area contributed by atoms with Gasteiger partial charge in [0.15, 0.2) is 0 Å². The smallest absolute Gasteiger partial charge is 0.381 e. The van der Waals surface area contributed by atoms with Gasteiger partial charge in [-0.25, -0.2) is 10.6 Å². The summed E-state index contributed by atoms with van der Waals surface area (Å²) >= 11 is 5.05. The minimum Gasteiger partial charge on any atom is -0.381 e. The molecule has 0 fully saturated rings. The Balaban J connectivity index is 2.45. The van der Waals surface area contributed by atoms with E-state index >= 15 is 0 Å². The Morgan fingerprint density at radius 2 is 2.00 bits per heavy atom. The quantitative estimate of drug-likeness (QED) is 0.362. The average molecular weight is 300 g/mol. The maximum Gasteiger partial charge on any atom is 0.428 e. The number of carbonyl (C=O) groups excluding carboxylic acids is 1. The minimum absolute atomic E-state index is 0.0483. The van der Waals surface area contributed by atoms with Crippen molar-refractivity contribution in [2.75, 3.05) is 11.9 Å². The number of anilines is 1. The van der Waals surface area contributed by atoms with Crippen LogP contribution in [0.2, 0.25) is 0 Å². The van der Waals surface area contributed by atoms with Crippen LogP contribution in [0.1, 0.15) is 5.56 Å². The van der Waals surface area contributed by atoms with Crippen LogP contribution in [-0.2, 0) is 4.74 Å². The highest BCUT2D eigenvalue weighted by molar-refractivity contribution is 7.80. The molecule has 106 valence electrons. The first-order chi connectivity index (χ1) is 10.1. The van der Waals surface area contributed by atoms with Crippen LogP contribution in [0.5, 0.6) is 0 Å². The fourth-order valence-electron chi connectivity index (χ4n) is 1.95. The van der Waals surface area contributed by atoms with Gasteiger partial charge in [0.2, 0.25) is 0 Å². The number of nitriles is 1. The van der Waals surface area contributed by atoms with E-state index in [0.717, 1.165) is 16.5 Å². The molecule has 0 aliphatic carbocycles. The largest absolute Gasteiger partial charge is 0.428 e. The molecule has 6 nitrogen and oxygen atoms in total. The van der Waals surface area contributed by atoms with E-state index in [9.17, 15) is 4.79 Å². The number of nitrogens with one attached hydrogen (secondary N) is 1. The Labute approximate surface area is 126 Å². The summed E-state index contributed by atoms with van der Waals surface area (Å²) in [6.07, 6.45) is -0.843. The van der Waals surface area contributed by atoms with Gasteiger partial charge in [-0.1, -0.05) is 24.3 Å². The Hall–Kier alpha value is -2.69. The summed E-state index contributed by atoms with van der Waals surface area (Å²) in [5.41, 5.74) is 3.13. The number of amides is 1. The second-order valence-corrected chi connectivity index (χ2v) is 4.50. The number of rotatable bonds is 1. The zero-order chi connectivity index (χ0) is 15.4. The van der Waals surface area contributed by atoms with Gasteiger partial charge in [0, 0.05) is 17.8 Å². The summed E-state index contributed by atoms with van der Waals surface area (Å²) in [7, 11) is 1.67. The van der Waals surface area contributed by atoms with Crippen molar-refractivity contribution in [3.63, 3.8) is 0 Å². The van der Waals surface area contributed by atoms with E-state index in [4.69, 9.17) is 28.1 Å². The number of nitrogens with zero attached hydrogens (tertiary/aromatic N) is 2. The third-order valence-electron chi connectivity index (χ3n) is 2.95. The molecule has 0 heterocycles. The molecule has 0 spiro atoms. The van der Waals surface area contributed by atoms with Gasteiger partial charge in [-0.2, -0.15) is 5.26 Å². The number of hydrazine groups is 1. The SMILES string of the molecule is CN(C(=S)OC(=O)NN)c1ccc(C#N)c2ccccc12. The summed E-state index contributed by atoms with van der Waals surface area (Å²) in [6, 6.07) is 13.0. The van der Waals surface area contributed by atoms with Gasteiger partial charge in [0.25, 0.3) is 5.17 Å². The number of carbonyl (C=O) groups is 1. The van der Waals surface area contributed by atoms with Gasteiger partial charge in [-0.05, 0) is 24.4 Å². The molecule has 2 aromatic rings. The van der Waals surface area contributed by atoms with Crippen molar-refractivity contribution in [1.82, 2.24) is 5.43 Å². The number of hydrogen-bond acceptors (Lipinski definition) is 5. The van der Waals surface area contributed by atoms with Gasteiger partial charge in [-0.15, -0.1) is 0 Å². The Morgan fingerprint density at radius 3 is 2.62 bits per heavy atom. The first kappa shape index (κ1) is 14.7. The van der Waals surface area contributed by atoms with E-state index in [1.807, 2.05) is 29.7 Å². The summed E-state index contributed by atoms with van der Waals surface area (Å²) in [5.74, 6) is 4.95. The molecule has 0 saturated heterocycles. The molecule has 21 heavy (non-hydrogen) atoms. The average Bonchev–Trinajstić information content (AvgIpc) is 2.52. The maximum absolute atomic E-state index is 11.1. The van der Waals surface area contributed by atoms with Crippen molar-refractivity contribution >= 4 is 39.9 Å². The Morgan fingerprint density at radius 1 is 1.33 bits per heavy atom. The number of ether oxygens (including phenoxy) is 1. The molecular formula is C14H12N4O2S. The molecule has 0 aliphatic rings. The monoisotopic (exact) mass is 300 g/mol. The molecule has 0 saturated carbocycles. The lowest BCUT2D eigenvalue weighted by atomic mass is 10.0. The molecule has 0 aliphatic heterocycles. The van der Waals surface area contributed by atoms with Crippen molar-refractivity contribution in [3.8, 4) is 6.07 Å². The van der Waals surface area contributed by atoms with Gasteiger partial charge in [0.1, 0.15) is 0 Å². The number of thiocarbonyl (C=S) groups is 1. The number of fused-ring (bicyclic) bond motifs is 1. The second-order valence-electron chi connectivity index (χ2n) is 4.15. The third-order valence-corrected chi connectivity index (χ3v) is 3.31. The number of hydrogen-bond donors (Lipinski definition) is 2. The highest BCUT2D eigenvalue weighted by Crippen LogP contribution is 2.29. The van der Waals surface area contributed by atoms with E-state index in [-0.39, 0.29) is 5.17 Å². The Kier molecular flexibility index (Phi) is 4.33. The molecule has 0 radical (unpaired) electrons. The van der Waals surface area contributed by atoms with Crippen molar-refractivity contribution in [2.24, 2.45) is 5.84 Å². The lowest BCUT2D eigenvalue weighted by Crippen LogP contribution is -2.37. The first-order valence-corrected chi connectivity index (χ1v) is 6.37. The predicted octanol–water partition coefficient (Wildman–Crippen LogP) is 2.03. The molecule has 2 aromatic carbocycles. The van der Waals surface area contributed by atoms with Gasteiger partial charge < -0.3 is 9.64 Å². The topological polar surface area (TPSA) is 91.4 Å². The van der Waals surface area contributed by atoms with Crippen LogP contribution in [0.3, 0.4) is 0 Å². The molecule has 0 aromatic heterocycles. The van der Waals surface area contributed by atoms with Crippen LogP contribution in [0.25, 0.3) is 10.8 Å². The molecule has 0 atom stereocenters. The number of benzene rings is 2. The molecule has 2 rings (SSSR count). The fourth-order valence-corrected chi connectivity index (χ4v) is 2.12. The highest BCUT2D eigenvalue weighted by Gasteiger charge is 2.15. The van der Waals surface area contributed by atoms with E-state index in [1.165, 1.54) is 4.90 Å². The van der Waals surface area contributed by atoms with E-state index in [2.05, 4.69) is 6.07 Å². The molecule has 1 amide bonds. The third kappa shape index (κ3) is 2.91. The summed E-state index contributed by atoms with van der Waals surface area (Å²) in [4.78, 5) is 12.6. The lowest BCUT2D eigenvalue weighted by molar-refractivity contribution is 0.198. The fraction of sp³-hybridized carbons (Fsp3) is 0.0714. The summed E-state index contributed by atoms with van der Waals surface area (Å²) in [6.45, 7) is 0. The summed E-state index contributed by atoms with van der Waals surface area (Å²) < 4.78 is 4.84. The van der Waals surface area contributed by atoms with Crippen LogP contribution in [0.4, 0.5) is 10.5 Å². The zero-order valence-corrected chi connectivity index (χ0v) is 12.0. The maximum atomic E-state index is 11.1. The normalized spacial score (nSPS) is 9.76. The first-order valence-electron chi connectivity index (χ1n) is 5.96. The van der Waals surface area contributed by atoms with Crippen LogP contribution < -0.4 is 16.2 Å². The standard InChI is InChI=1S/C14H12N4O2S/c1-18(14(21)20-13(19)17-16)12-7-6-9(8-15)10-4-2-3-5-11(10)12/h2-7H,16H2,1H3,(H,17,19). The van der Waals surface area contributed by atoms with Crippen LogP contribution in [0.15, 0.2) is 36.4 Å². The van der Waals surface area contributed by atoms with Gasteiger partial charge in [-0.3, -0.25) is 5.43 Å². The van der Waals surface area contributed by atoms with Crippen molar-refractivity contribution in [1.29, 1.82) is 5.26 Å². The molecular weight excluding hydrogens is 288 g/mol. The molecule has 0 unspecified atom stereocenters. The highest BCUT2D eigenvalue weighted by atomic mass is 32.1. The van der Waals surface area contributed by atoms with Crippen LogP contribution in [-0.4, -0.2) is 18.3 Å². The predicted molar refractivity (Wildman–Crippen MR) is 83.5 cm³/mol. The molecule has 7 heteroatoms. The van der Waals surface area contributed by atoms with Crippen LogP contribution >= 0.6 is 12.2 Å². The summed E-state index contributed by atoms with van der Waals surface area (Å²) in [5, 5.41) is 10.7. The molecule has 0 bridgehead atoms. The zero-order valence-electron chi connectivity index (χ0n) is 11.2. The van der Waals surface area contributed by atoms with Crippen molar-refractivity contribution in [3.05, 3.63) is 42.0 Å². The van der Waals surface area contributed by atoms with Crippen molar-refractivity contribution < 1.29 is 9.53 Å². The lowest BCUT2D eigenvalue weighted by Gasteiger charge is -2.21. The van der Waals surface area contributed by atoms with Crippen molar-refractivity contribution in [2.45, 2.75) is 0 Å². The number of nitrogens with two attached hydrogens (primary N) is 1. The second kappa shape index (κ2) is 6.17. The minimum atomic E-state index is -0.843. The molecule has 3 N–H and O–H groups in total. The van der Waals surface area contributed by atoms with E-state index in [1.54, 1.807) is 19.2 Å². The van der Waals surface area contributed by atoms with Gasteiger partial charge in [0.05, 0.1) is 17.3 Å². The van der Waals surface area contributed by atoms with Crippen LogP contribution in [0, 0.1) is 11.3 Å². The van der Waals surface area contributed by atoms with Gasteiger partial charge >= 0.3 is 6.09 Å². The van der Waals surface area contributed by atoms with E-state index < -0.39 is 6.09 Å². The van der Waals surface area contributed by atoms with E-state index in [0.29, 0.717) is 5.56 Å². The Bertz CT molecular complexity index is 754.